The third-order valence-electron chi connectivity index (χ3n) is 4.16. The zero-order valence-electron chi connectivity index (χ0n) is 11.4. The summed E-state index contributed by atoms with van der Waals surface area (Å²) in [6, 6.07) is 3.56. The highest BCUT2D eigenvalue weighted by molar-refractivity contribution is 9.10. The van der Waals surface area contributed by atoms with E-state index in [0.29, 0.717) is 22.5 Å². The van der Waals surface area contributed by atoms with Crippen LogP contribution in [0, 0.1) is 5.92 Å². The molecule has 1 aliphatic carbocycles. The predicted molar refractivity (Wildman–Crippen MR) is 79.3 cm³/mol. The van der Waals surface area contributed by atoms with Crippen LogP contribution in [-0.4, -0.2) is 31.5 Å². The normalized spacial score (nSPS) is 20.1. The highest BCUT2D eigenvalue weighted by atomic mass is 79.9. The second-order valence-electron chi connectivity index (χ2n) is 5.72. The molecule has 1 amide bonds. The summed E-state index contributed by atoms with van der Waals surface area (Å²) in [5.41, 5.74) is 1.17. The van der Waals surface area contributed by atoms with Gasteiger partial charge in [-0.3, -0.25) is 4.79 Å². The van der Waals surface area contributed by atoms with Crippen molar-refractivity contribution in [3.8, 4) is 0 Å². The third kappa shape index (κ3) is 2.29. The lowest BCUT2D eigenvalue weighted by Gasteiger charge is -2.24. The van der Waals surface area contributed by atoms with Gasteiger partial charge in [-0.25, -0.2) is 8.42 Å². The van der Waals surface area contributed by atoms with Crippen LogP contribution in [0.15, 0.2) is 21.5 Å². The van der Waals surface area contributed by atoms with Gasteiger partial charge in [-0.1, -0.05) is 15.9 Å². The smallest absolute Gasteiger partial charge is 0.256 e. The second kappa shape index (κ2) is 4.56. The van der Waals surface area contributed by atoms with E-state index in [4.69, 9.17) is 0 Å². The Kier molecular flexibility index (Phi) is 3.21. The number of hydrogen-bond donors (Lipinski definition) is 0. The topological polar surface area (TPSA) is 54.5 Å². The fraction of sp³-hybridized carbons (Fsp3) is 0.500. The molecule has 108 valence electrons. The van der Waals surface area contributed by atoms with Crippen LogP contribution in [0.25, 0.3) is 0 Å². The monoisotopic (exact) mass is 357 g/mol. The van der Waals surface area contributed by atoms with E-state index >= 15 is 0 Å². The van der Waals surface area contributed by atoms with Gasteiger partial charge in [0.2, 0.25) is 0 Å². The van der Waals surface area contributed by atoms with E-state index in [0.717, 1.165) is 24.7 Å². The molecule has 0 radical (unpaired) electrons. The predicted octanol–water partition coefficient (Wildman–Crippen LogP) is 2.61. The van der Waals surface area contributed by atoms with E-state index in [1.54, 1.807) is 0 Å². The van der Waals surface area contributed by atoms with Crippen molar-refractivity contribution in [2.45, 2.75) is 37.2 Å². The summed E-state index contributed by atoms with van der Waals surface area (Å²) >= 11 is 3.33. The zero-order valence-corrected chi connectivity index (χ0v) is 13.8. The Morgan fingerprint density at radius 3 is 2.55 bits per heavy atom. The lowest BCUT2D eigenvalue weighted by molar-refractivity contribution is 0.0695. The number of nitrogens with zero attached hydrogens (tertiary/aromatic N) is 1. The molecule has 20 heavy (non-hydrogen) atoms. The van der Waals surface area contributed by atoms with Crippen molar-refractivity contribution in [2.75, 3.05) is 6.26 Å². The maximum absolute atomic E-state index is 12.6. The van der Waals surface area contributed by atoms with Crippen LogP contribution in [0.5, 0.6) is 0 Å². The number of carbonyl (C=O) groups is 1. The number of hydrogen-bond acceptors (Lipinski definition) is 3. The van der Waals surface area contributed by atoms with Crippen molar-refractivity contribution in [3.05, 3.63) is 27.7 Å². The summed E-state index contributed by atoms with van der Waals surface area (Å²) < 4.78 is 24.5. The Hall–Kier alpha value is -0.880. The third-order valence-corrected chi connectivity index (χ3v) is 5.74. The molecule has 0 spiro atoms. The largest absolute Gasteiger partial charge is 0.331 e. The molecule has 0 saturated heterocycles. The average Bonchev–Trinajstić information content (AvgIpc) is 3.12. The van der Waals surface area contributed by atoms with Crippen molar-refractivity contribution in [1.29, 1.82) is 0 Å². The Labute approximate surface area is 127 Å². The summed E-state index contributed by atoms with van der Waals surface area (Å²) in [6.45, 7) is 2.56. The van der Waals surface area contributed by atoms with Crippen LogP contribution >= 0.6 is 15.9 Å². The van der Waals surface area contributed by atoms with E-state index in [-0.39, 0.29) is 16.8 Å². The molecule has 1 heterocycles. The lowest BCUT2D eigenvalue weighted by atomic mass is 10.1. The van der Waals surface area contributed by atoms with E-state index in [2.05, 4.69) is 22.9 Å². The van der Waals surface area contributed by atoms with E-state index in [1.807, 2.05) is 11.0 Å². The van der Waals surface area contributed by atoms with Crippen molar-refractivity contribution >= 4 is 31.7 Å². The van der Waals surface area contributed by atoms with Crippen LogP contribution in [0.3, 0.4) is 0 Å². The van der Waals surface area contributed by atoms with Crippen molar-refractivity contribution in [1.82, 2.24) is 4.90 Å². The van der Waals surface area contributed by atoms with Gasteiger partial charge in [0, 0.05) is 23.3 Å². The molecule has 0 aromatic heterocycles. The molecule has 6 heteroatoms. The van der Waals surface area contributed by atoms with Crippen molar-refractivity contribution < 1.29 is 13.2 Å². The van der Waals surface area contributed by atoms with E-state index in [9.17, 15) is 13.2 Å². The minimum atomic E-state index is -3.41. The Bertz CT molecular complexity index is 695. The van der Waals surface area contributed by atoms with Crippen LogP contribution in [0.1, 0.15) is 35.7 Å². The summed E-state index contributed by atoms with van der Waals surface area (Å²) in [5, 5.41) is 0. The van der Waals surface area contributed by atoms with Gasteiger partial charge in [0.05, 0.1) is 10.5 Å². The maximum atomic E-state index is 12.6. The van der Waals surface area contributed by atoms with E-state index in [1.165, 1.54) is 6.07 Å². The van der Waals surface area contributed by atoms with Gasteiger partial charge in [-0.05, 0) is 43.4 Å². The van der Waals surface area contributed by atoms with Crippen LogP contribution in [0.2, 0.25) is 0 Å². The molecule has 3 rings (SSSR count). The summed E-state index contributed by atoms with van der Waals surface area (Å²) in [4.78, 5) is 14.5. The van der Waals surface area contributed by atoms with Gasteiger partial charge >= 0.3 is 0 Å². The Morgan fingerprint density at radius 2 is 2.00 bits per heavy atom. The van der Waals surface area contributed by atoms with Gasteiger partial charge in [0.25, 0.3) is 5.91 Å². The van der Waals surface area contributed by atoms with Crippen molar-refractivity contribution in [3.63, 3.8) is 0 Å². The van der Waals surface area contributed by atoms with E-state index < -0.39 is 9.84 Å². The first-order chi connectivity index (χ1) is 9.29. The first kappa shape index (κ1) is 14.1. The molecule has 0 bridgehead atoms. The van der Waals surface area contributed by atoms with Gasteiger partial charge in [-0.15, -0.1) is 0 Å². The second-order valence-corrected chi connectivity index (χ2v) is 8.62. The highest BCUT2D eigenvalue weighted by Crippen LogP contribution is 2.40. The molecular formula is C14H16BrNO3S. The molecule has 1 unspecified atom stereocenters. The Balaban J connectivity index is 2.08. The van der Waals surface area contributed by atoms with Gasteiger partial charge in [0.1, 0.15) is 0 Å². The lowest BCUT2D eigenvalue weighted by Crippen LogP contribution is -2.35. The number of rotatable bonds is 3. The first-order valence-electron chi connectivity index (χ1n) is 6.62. The molecular weight excluding hydrogens is 342 g/mol. The van der Waals surface area contributed by atoms with Crippen molar-refractivity contribution in [2.24, 2.45) is 5.92 Å². The molecule has 1 aliphatic heterocycles. The first-order valence-corrected chi connectivity index (χ1v) is 9.31. The fourth-order valence-electron chi connectivity index (χ4n) is 2.86. The zero-order chi connectivity index (χ0) is 14.7. The number of fused-ring (bicyclic) bond motifs is 1. The minimum absolute atomic E-state index is 0.136. The number of halogens is 1. The van der Waals surface area contributed by atoms with Crippen LogP contribution < -0.4 is 0 Å². The molecule has 1 aromatic carbocycles. The van der Waals surface area contributed by atoms with Gasteiger partial charge in [0.15, 0.2) is 9.84 Å². The number of carbonyl (C=O) groups excluding carboxylic acids is 1. The molecule has 1 fully saturated rings. The summed E-state index contributed by atoms with van der Waals surface area (Å²) in [7, 11) is -3.41. The number of sulfone groups is 1. The summed E-state index contributed by atoms with van der Waals surface area (Å²) in [6.07, 6.45) is 3.46. The quantitative estimate of drug-likeness (QED) is 0.835. The molecule has 0 N–H and O–H groups in total. The molecule has 1 aromatic rings. The van der Waals surface area contributed by atoms with Gasteiger partial charge in [-0.2, -0.15) is 0 Å². The average molecular weight is 358 g/mol. The van der Waals surface area contributed by atoms with Gasteiger partial charge < -0.3 is 4.90 Å². The number of benzene rings is 1. The standard InChI is InChI=1S/C14H16BrNO3S/c1-8(9-3-4-9)16-7-10-5-11(15)6-12(20(2,18)19)13(10)14(16)17/h5-6,8-9H,3-4,7H2,1-2H3. The fourth-order valence-corrected chi connectivity index (χ4v) is 4.44. The summed E-state index contributed by atoms with van der Waals surface area (Å²) in [5.74, 6) is 0.422. The molecule has 4 nitrogen and oxygen atoms in total. The molecule has 1 saturated carbocycles. The Morgan fingerprint density at radius 1 is 1.35 bits per heavy atom. The molecule has 2 aliphatic rings. The SMILES string of the molecule is CC(C1CC1)N1Cc2cc(Br)cc(S(C)(=O)=O)c2C1=O. The molecule has 1 atom stereocenters. The maximum Gasteiger partial charge on any atom is 0.256 e. The van der Waals surface area contributed by atoms with Crippen LogP contribution in [-0.2, 0) is 16.4 Å². The highest BCUT2D eigenvalue weighted by Gasteiger charge is 2.40. The number of amides is 1. The minimum Gasteiger partial charge on any atom is -0.331 e. The van der Waals surface area contributed by atoms with Crippen LogP contribution in [0.4, 0.5) is 0 Å².